The molecular weight excluding hydrogens is 476 g/mol. The molecular formula is C24H24F4N8. The van der Waals surface area contributed by atoms with Crippen molar-refractivity contribution in [3.63, 3.8) is 0 Å². The lowest BCUT2D eigenvalue weighted by molar-refractivity contribution is -0.137. The van der Waals surface area contributed by atoms with E-state index in [1.54, 1.807) is 0 Å². The van der Waals surface area contributed by atoms with Gasteiger partial charge in [0.15, 0.2) is 0 Å². The van der Waals surface area contributed by atoms with Crippen molar-refractivity contribution in [3.05, 3.63) is 53.6 Å². The molecule has 4 aromatic rings. The van der Waals surface area contributed by atoms with Crippen LogP contribution in [-0.2, 0) is 6.18 Å². The summed E-state index contributed by atoms with van der Waals surface area (Å²) >= 11 is 0. The van der Waals surface area contributed by atoms with Crippen molar-refractivity contribution >= 4 is 28.6 Å². The number of fused-ring (bicyclic) bond motifs is 1. The SMILES string of the molecule is CN(C)CCNc1nc(Nc2cc3[nH]c(-c4ccc(C(F)(F)F)cc4)nc3cc2F)nc(C2CC2)n1. The fraction of sp³-hybridized carbons (Fsp3) is 0.333. The summed E-state index contributed by atoms with van der Waals surface area (Å²) in [5.41, 5.74) is 0.688. The molecule has 2 heterocycles. The minimum atomic E-state index is -4.42. The summed E-state index contributed by atoms with van der Waals surface area (Å²) in [5, 5.41) is 6.12. The van der Waals surface area contributed by atoms with Crippen molar-refractivity contribution in [2.75, 3.05) is 37.8 Å². The van der Waals surface area contributed by atoms with Crippen LogP contribution in [0.5, 0.6) is 0 Å². The van der Waals surface area contributed by atoms with Gasteiger partial charge in [-0.05, 0) is 45.1 Å². The van der Waals surface area contributed by atoms with E-state index in [9.17, 15) is 17.6 Å². The molecule has 36 heavy (non-hydrogen) atoms. The van der Waals surface area contributed by atoms with Gasteiger partial charge in [0.2, 0.25) is 11.9 Å². The minimum absolute atomic E-state index is 0.136. The Morgan fingerprint density at radius 3 is 2.39 bits per heavy atom. The van der Waals surface area contributed by atoms with E-state index in [1.165, 1.54) is 24.3 Å². The van der Waals surface area contributed by atoms with Crippen LogP contribution in [-0.4, -0.2) is 57.0 Å². The standard InChI is InChI=1S/C24H24F4N8/c1-36(2)10-9-29-22-33-21(13-3-4-13)34-23(35-22)32-17-12-19-18(11-16(17)25)30-20(31-19)14-5-7-15(8-6-14)24(26,27)28/h5-8,11-13H,3-4,9-10H2,1-2H3,(H,30,31)(H2,29,32,33,34,35). The zero-order valence-corrected chi connectivity index (χ0v) is 19.6. The fourth-order valence-corrected chi connectivity index (χ4v) is 3.64. The Morgan fingerprint density at radius 1 is 1.00 bits per heavy atom. The number of benzene rings is 2. The second-order valence-electron chi connectivity index (χ2n) is 8.98. The number of imidazole rings is 1. The van der Waals surface area contributed by atoms with Crippen molar-refractivity contribution < 1.29 is 17.6 Å². The Bertz CT molecular complexity index is 1380. The molecule has 1 saturated carbocycles. The van der Waals surface area contributed by atoms with Crippen LogP contribution in [0, 0.1) is 5.82 Å². The lowest BCUT2D eigenvalue weighted by Crippen LogP contribution is -2.22. The summed E-state index contributed by atoms with van der Waals surface area (Å²) in [6.07, 6.45) is -2.42. The molecule has 0 unspecified atom stereocenters. The zero-order chi connectivity index (χ0) is 25.4. The molecule has 0 bridgehead atoms. The molecule has 0 amide bonds. The molecule has 5 rings (SSSR count). The molecule has 0 spiro atoms. The number of likely N-dealkylation sites (N-methyl/N-ethyl adjacent to an activating group) is 1. The molecule has 1 fully saturated rings. The van der Waals surface area contributed by atoms with Crippen LogP contribution >= 0.6 is 0 Å². The topological polar surface area (TPSA) is 94.7 Å². The van der Waals surface area contributed by atoms with Gasteiger partial charge in [0.05, 0.1) is 22.3 Å². The van der Waals surface area contributed by atoms with Crippen molar-refractivity contribution in [2.24, 2.45) is 0 Å². The van der Waals surface area contributed by atoms with Gasteiger partial charge in [-0.15, -0.1) is 0 Å². The van der Waals surface area contributed by atoms with Crippen LogP contribution in [0.3, 0.4) is 0 Å². The Labute approximate surface area is 204 Å². The average molecular weight is 501 g/mol. The number of anilines is 3. The van der Waals surface area contributed by atoms with Gasteiger partial charge in [0.25, 0.3) is 0 Å². The third-order valence-electron chi connectivity index (χ3n) is 5.74. The largest absolute Gasteiger partial charge is 0.416 e. The normalized spacial score (nSPS) is 14.0. The summed E-state index contributed by atoms with van der Waals surface area (Å²) in [6, 6.07) is 7.40. The number of rotatable bonds is 8. The van der Waals surface area contributed by atoms with E-state index in [-0.39, 0.29) is 17.6 Å². The molecule has 2 aromatic carbocycles. The molecule has 0 aliphatic heterocycles. The first-order valence-electron chi connectivity index (χ1n) is 11.4. The lowest BCUT2D eigenvalue weighted by atomic mass is 10.1. The van der Waals surface area contributed by atoms with Gasteiger partial charge >= 0.3 is 6.18 Å². The van der Waals surface area contributed by atoms with Gasteiger partial charge in [0.1, 0.15) is 17.5 Å². The monoisotopic (exact) mass is 500 g/mol. The third-order valence-corrected chi connectivity index (χ3v) is 5.74. The highest BCUT2D eigenvalue weighted by Gasteiger charge is 2.30. The lowest BCUT2D eigenvalue weighted by Gasteiger charge is -2.12. The number of halogens is 4. The van der Waals surface area contributed by atoms with Crippen molar-refractivity contribution in [2.45, 2.75) is 24.9 Å². The molecule has 3 N–H and O–H groups in total. The van der Waals surface area contributed by atoms with Crippen LogP contribution in [0.25, 0.3) is 22.4 Å². The average Bonchev–Trinajstić information content (AvgIpc) is 3.59. The number of hydrogen-bond donors (Lipinski definition) is 3. The van der Waals surface area contributed by atoms with Gasteiger partial charge in [-0.25, -0.2) is 9.37 Å². The van der Waals surface area contributed by atoms with Gasteiger partial charge in [0, 0.05) is 30.6 Å². The quantitative estimate of drug-likeness (QED) is 0.288. The van der Waals surface area contributed by atoms with E-state index in [2.05, 4.69) is 35.6 Å². The van der Waals surface area contributed by atoms with E-state index in [0.717, 1.165) is 31.5 Å². The predicted molar refractivity (Wildman–Crippen MR) is 129 cm³/mol. The Kier molecular flexibility index (Phi) is 6.20. The number of H-pyrrole nitrogens is 1. The maximum atomic E-state index is 14.9. The molecule has 12 heteroatoms. The molecule has 0 atom stereocenters. The summed E-state index contributed by atoms with van der Waals surface area (Å²) in [7, 11) is 3.93. The van der Waals surface area contributed by atoms with Crippen LogP contribution in [0.4, 0.5) is 35.1 Å². The van der Waals surface area contributed by atoms with Crippen LogP contribution in [0.2, 0.25) is 0 Å². The van der Waals surface area contributed by atoms with E-state index in [0.29, 0.717) is 40.7 Å². The van der Waals surface area contributed by atoms with E-state index < -0.39 is 17.6 Å². The van der Waals surface area contributed by atoms with Crippen molar-refractivity contribution in [1.29, 1.82) is 0 Å². The van der Waals surface area contributed by atoms with Gasteiger partial charge in [-0.3, -0.25) is 0 Å². The summed E-state index contributed by atoms with van der Waals surface area (Å²) in [6.45, 7) is 1.43. The van der Waals surface area contributed by atoms with Gasteiger partial charge in [-0.1, -0.05) is 12.1 Å². The smallest absolute Gasteiger partial charge is 0.353 e. The molecule has 1 aliphatic rings. The molecule has 188 valence electrons. The maximum Gasteiger partial charge on any atom is 0.416 e. The first-order chi connectivity index (χ1) is 17.2. The Balaban J connectivity index is 1.40. The van der Waals surface area contributed by atoms with Crippen molar-refractivity contribution in [3.8, 4) is 11.4 Å². The van der Waals surface area contributed by atoms with E-state index in [4.69, 9.17) is 0 Å². The molecule has 8 nitrogen and oxygen atoms in total. The Morgan fingerprint density at radius 2 is 1.72 bits per heavy atom. The van der Waals surface area contributed by atoms with Gasteiger partial charge < -0.3 is 20.5 Å². The maximum absolute atomic E-state index is 14.9. The Hall–Kier alpha value is -3.80. The zero-order valence-electron chi connectivity index (χ0n) is 19.6. The van der Waals surface area contributed by atoms with Gasteiger partial charge in [-0.2, -0.15) is 28.1 Å². The number of aromatic amines is 1. The first kappa shape index (κ1) is 23.9. The minimum Gasteiger partial charge on any atom is -0.353 e. The molecule has 2 aromatic heterocycles. The molecule has 0 radical (unpaired) electrons. The van der Waals surface area contributed by atoms with Crippen LogP contribution in [0.15, 0.2) is 36.4 Å². The third kappa shape index (κ3) is 5.38. The summed E-state index contributed by atoms with van der Waals surface area (Å²) in [5.74, 6) is 1.34. The first-order valence-corrected chi connectivity index (χ1v) is 11.4. The number of nitrogens with one attached hydrogen (secondary N) is 3. The molecule has 0 saturated heterocycles. The fourth-order valence-electron chi connectivity index (χ4n) is 3.64. The second-order valence-corrected chi connectivity index (χ2v) is 8.98. The predicted octanol–water partition coefficient (Wildman–Crippen LogP) is 5.17. The number of aromatic nitrogens is 5. The second kappa shape index (κ2) is 9.34. The van der Waals surface area contributed by atoms with Crippen LogP contribution < -0.4 is 10.6 Å². The highest BCUT2D eigenvalue weighted by atomic mass is 19.4. The summed E-state index contributed by atoms with van der Waals surface area (Å²) in [4.78, 5) is 22.8. The van der Waals surface area contributed by atoms with Crippen molar-refractivity contribution in [1.82, 2.24) is 29.8 Å². The van der Waals surface area contributed by atoms with E-state index >= 15 is 0 Å². The summed E-state index contributed by atoms with van der Waals surface area (Å²) < 4.78 is 53.5. The number of nitrogens with zero attached hydrogens (tertiary/aromatic N) is 5. The number of hydrogen-bond acceptors (Lipinski definition) is 7. The van der Waals surface area contributed by atoms with Crippen LogP contribution in [0.1, 0.15) is 30.1 Å². The number of alkyl halides is 3. The molecule has 1 aliphatic carbocycles. The van der Waals surface area contributed by atoms with E-state index in [1.807, 2.05) is 19.0 Å². The highest BCUT2D eigenvalue weighted by molar-refractivity contribution is 5.83. The highest BCUT2D eigenvalue weighted by Crippen LogP contribution is 2.39.